The quantitative estimate of drug-likeness (QED) is 0.528. The van der Waals surface area contributed by atoms with Crippen LogP contribution in [0.15, 0.2) is 41.1 Å². The van der Waals surface area contributed by atoms with Crippen molar-refractivity contribution in [3.63, 3.8) is 0 Å². The first-order valence-electron chi connectivity index (χ1n) is 7.39. The van der Waals surface area contributed by atoms with Crippen LogP contribution in [0, 0.1) is 6.92 Å². The van der Waals surface area contributed by atoms with Crippen LogP contribution in [-0.4, -0.2) is 37.2 Å². The van der Waals surface area contributed by atoms with Gasteiger partial charge in [-0.1, -0.05) is 29.5 Å². The number of amides is 1. The van der Waals surface area contributed by atoms with Crippen LogP contribution in [0.5, 0.6) is 0 Å². The average Bonchev–Trinajstić information content (AvgIpc) is 3.23. The summed E-state index contributed by atoms with van der Waals surface area (Å²) in [7, 11) is 0. The number of rotatable bonds is 6. The fraction of sp³-hybridized carbons (Fsp3) is 0.188. The summed E-state index contributed by atoms with van der Waals surface area (Å²) in [5, 5.41) is 13.3. The summed E-state index contributed by atoms with van der Waals surface area (Å²) in [6, 6.07) is 7.96. The maximum atomic E-state index is 12.1. The molecule has 1 amide bonds. The van der Waals surface area contributed by atoms with Gasteiger partial charge in [0.1, 0.15) is 12.0 Å². The van der Waals surface area contributed by atoms with E-state index in [9.17, 15) is 9.59 Å². The van der Waals surface area contributed by atoms with Crippen molar-refractivity contribution in [1.29, 1.82) is 0 Å². The van der Waals surface area contributed by atoms with Crippen molar-refractivity contribution >= 4 is 39.9 Å². The highest BCUT2D eigenvalue weighted by atomic mass is 32.2. The molecule has 0 aliphatic rings. The second-order valence-electron chi connectivity index (χ2n) is 5.25. The van der Waals surface area contributed by atoms with Crippen LogP contribution in [0.1, 0.15) is 23.0 Å². The molecule has 2 heterocycles. The number of nitrogens with zero attached hydrogens (tertiary/aromatic N) is 4. The minimum atomic E-state index is -0.215. The number of hydrogen-bond acceptors (Lipinski definition) is 7. The number of carbonyl (C=O) groups is 2. The van der Waals surface area contributed by atoms with E-state index in [2.05, 4.69) is 20.5 Å². The Kier molecular flexibility index (Phi) is 5.25. The summed E-state index contributed by atoms with van der Waals surface area (Å²) < 4.78 is 1.83. The highest BCUT2D eigenvalue weighted by Crippen LogP contribution is 2.21. The first-order chi connectivity index (χ1) is 12.0. The van der Waals surface area contributed by atoms with E-state index in [4.69, 9.17) is 0 Å². The summed E-state index contributed by atoms with van der Waals surface area (Å²) in [6.07, 6.45) is 1.62. The molecule has 0 spiro atoms. The van der Waals surface area contributed by atoms with Gasteiger partial charge in [-0.2, -0.15) is 0 Å². The van der Waals surface area contributed by atoms with Crippen LogP contribution in [0.4, 0.5) is 5.13 Å². The predicted octanol–water partition coefficient (Wildman–Crippen LogP) is 2.97. The number of nitrogens with one attached hydrogen (secondary N) is 1. The lowest BCUT2D eigenvalue weighted by Gasteiger charge is -2.06. The molecule has 0 aliphatic heterocycles. The van der Waals surface area contributed by atoms with Gasteiger partial charge in [-0.15, -0.1) is 21.5 Å². The zero-order valence-electron chi connectivity index (χ0n) is 13.6. The molecule has 3 rings (SSSR count). The first kappa shape index (κ1) is 17.3. The maximum Gasteiger partial charge on any atom is 0.236 e. The minimum absolute atomic E-state index is 0.127. The normalized spacial score (nSPS) is 10.6. The topological polar surface area (TPSA) is 89.8 Å². The molecule has 0 aliphatic carbocycles. The Morgan fingerprint density at radius 3 is 2.72 bits per heavy atom. The first-order valence-corrected chi connectivity index (χ1v) is 9.25. The van der Waals surface area contributed by atoms with Gasteiger partial charge in [-0.05, 0) is 19.1 Å². The van der Waals surface area contributed by atoms with E-state index >= 15 is 0 Å². The van der Waals surface area contributed by atoms with E-state index in [0.717, 1.165) is 5.69 Å². The maximum absolute atomic E-state index is 12.1. The Labute approximate surface area is 152 Å². The lowest BCUT2D eigenvalue weighted by molar-refractivity contribution is -0.113. The summed E-state index contributed by atoms with van der Waals surface area (Å²) in [6.45, 7) is 3.46. The van der Waals surface area contributed by atoms with Crippen LogP contribution in [0.25, 0.3) is 5.69 Å². The second kappa shape index (κ2) is 7.58. The Hall–Kier alpha value is -2.52. The highest BCUT2D eigenvalue weighted by molar-refractivity contribution is 7.99. The van der Waals surface area contributed by atoms with Crippen molar-refractivity contribution < 1.29 is 9.59 Å². The summed E-state index contributed by atoms with van der Waals surface area (Å²) >= 11 is 2.50. The molecule has 7 nitrogen and oxygen atoms in total. The fourth-order valence-electron chi connectivity index (χ4n) is 1.98. The number of benzene rings is 1. The molecule has 0 bridgehead atoms. The Morgan fingerprint density at radius 2 is 2.04 bits per heavy atom. The van der Waals surface area contributed by atoms with E-state index < -0.39 is 0 Å². The molecule has 1 N–H and O–H groups in total. The van der Waals surface area contributed by atoms with Gasteiger partial charge in [0.25, 0.3) is 0 Å². The SMILES string of the molecule is CC(=O)c1csc(NC(=O)CSc2nncn2-c2ccc(C)cc2)n1. The standard InChI is InChI=1S/C16H15N5O2S2/c1-10-3-5-12(6-4-10)21-9-17-20-16(21)25-8-14(23)19-15-18-13(7-24-15)11(2)22/h3-7,9H,8H2,1-2H3,(H,18,19,23). The second-order valence-corrected chi connectivity index (χ2v) is 7.05. The summed E-state index contributed by atoms with van der Waals surface area (Å²) in [5.74, 6) is -0.176. The van der Waals surface area contributed by atoms with Gasteiger partial charge in [-0.25, -0.2) is 4.98 Å². The third kappa shape index (κ3) is 4.31. The Bertz CT molecular complexity index is 901. The number of thiazole rings is 1. The number of aromatic nitrogens is 4. The molecule has 2 aromatic heterocycles. The zero-order chi connectivity index (χ0) is 17.8. The highest BCUT2D eigenvalue weighted by Gasteiger charge is 2.12. The minimum Gasteiger partial charge on any atom is -0.301 e. The molecule has 0 unspecified atom stereocenters. The molecule has 0 saturated heterocycles. The van der Waals surface area contributed by atoms with Gasteiger partial charge in [0, 0.05) is 18.0 Å². The molecular formula is C16H15N5O2S2. The van der Waals surface area contributed by atoms with Crippen molar-refractivity contribution in [2.24, 2.45) is 0 Å². The molecule has 25 heavy (non-hydrogen) atoms. The van der Waals surface area contributed by atoms with E-state index in [1.807, 2.05) is 35.8 Å². The zero-order valence-corrected chi connectivity index (χ0v) is 15.2. The van der Waals surface area contributed by atoms with E-state index in [1.54, 1.807) is 11.7 Å². The van der Waals surface area contributed by atoms with Crippen molar-refractivity contribution in [2.45, 2.75) is 19.0 Å². The number of thioether (sulfide) groups is 1. The number of ketones is 1. The molecule has 0 fully saturated rings. The molecule has 0 radical (unpaired) electrons. The number of Topliss-reactive ketones (excluding diaryl/α,β-unsaturated/α-hetero) is 1. The van der Waals surface area contributed by atoms with Gasteiger partial charge in [-0.3, -0.25) is 14.2 Å². The van der Waals surface area contributed by atoms with Crippen LogP contribution in [-0.2, 0) is 4.79 Å². The van der Waals surface area contributed by atoms with Crippen LogP contribution in [0.2, 0.25) is 0 Å². The number of anilines is 1. The molecule has 0 saturated carbocycles. The van der Waals surface area contributed by atoms with E-state index in [1.165, 1.54) is 35.6 Å². The lowest BCUT2D eigenvalue weighted by atomic mass is 10.2. The molecular weight excluding hydrogens is 358 g/mol. The van der Waals surface area contributed by atoms with Gasteiger partial charge in [0.05, 0.1) is 5.75 Å². The van der Waals surface area contributed by atoms with Crippen molar-refractivity contribution in [2.75, 3.05) is 11.1 Å². The predicted molar refractivity (Wildman–Crippen MR) is 97.6 cm³/mol. The van der Waals surface area contributed by atoms with Crippen LogP contribution >= 0.6 is 23.1 Å². The van der Waals surface area contributed by atoms with Gasteiger partial charge in [0.2, 0.25) is 5.91 Å². The monoisotopic (exact) mass is 373 g/mol. The van der Waals surface area contributed by atoms with Gasteiger partial charge in [0.15, 0.2) is 16.1 Å². The molecule has 3 aromatic rings. The molecule has 128 valence electrons. The lowest BCUT2D eigenvalue weighted by Crippen LogP contribution is -2.14. The van der Waals surface area contributed by atoms with Gasteiger partial charge < -0.3 is 5.32 Å². The van der Waals surface area contributed by atoms with Crippen molar-refractivity contribution in [3.8, 4) is 5.69 Å². The molecule has 9 heteroatoms. The van der Waals surface area contributed by atoms with E-state index in [0.29, 0.717) is 16.0 Å². The summed E-state index contributed by atoms with van der Waals surface area (Å²) in [5.41, 5.74) is 2.45. The van der Waals surface area contributed by atoms with E-state index in [-0.39, 0.29) is 17.4 Å². The Balaban J connectivity index is 1.62. The molecule has 0 atom stereocenters. The third-order valence-electron chi connectivity index (χ3n) is 3.27. The van der Waals surface area contributed by atoms with Crippen LogP contribution < -0.4 is 5.32 Å². The summed E-state index contributed by atoms with van der Waals surface area (Å²) in [4.78, 5) is 27.4. The number of hydrogen-bond donors (Lipinski definition) is 1. The van der Waals surface area contributed by atoms with Crippen molar-refractivity contribution in [3.05, 3.63) is 47.2 Å². The number of aryl methyl sites for hydroxylation is 1. The van der Waals surface area contributed by atoms with Gasteiger partial charge >= 0.3 is 0 Å². The largest absolute Gasteiger partial charge is 0.301 e. The molecule has 1 aromatic carbocycles. The third-order valence-corrected chi connectivity index (χ3v) is 4.97. The van der Waals surface area contributed by atoms with Crippen LogP contribution in [0.3, 0.4) is 0 Å². The fourth-order valence-corrected chi connectivity index (χ4v) is 3.48. The number of carbonyl (C=O) groups excluding carboxylic acids is 2. The average molecular weight is 373 g/mol. The van der Waals surface area contributed by atoms with Crippen molar-refractivity contribution in [1.82, 2.24) is 19.7 Å². The Morgan fingerprint density at radius 1 is 1.28 bits per heavy atom. The smallest absolute Gasteiger partial charge is 0.236 e.